The van der Waals surface area contributed by atoms with Crippen molar-refractivity contribution in [3.63, 3.8) is 0 Å². The van der Waals surface area contributed by atoms with Gasteiger partial charge in [-0.1, -0.05) is 67.6 Å². The highest BCUT2D eigenvalue weighted by Crippen LogP contribution is 2.35. The van der Waals surface area contributed by atoms with Crippen molar-refractivity contribution >= 4 is 28.5 Å². The predicted octanol–water partition coefficient (Wildman–Crippen LogP) is 8.95. The number of allylic oxidation sites excluding steroid dienone is 4. The molecule has 0 saturated carbocycles. The quantitative estimate of drug-likeness (QED) is 0.176. The fourth-order valence-corrected chi connectivity index (χ4v) is 5.36. The van der Waals surface area contributed by atoms with Gasteiger partial charge >= 0.3 is 0 Å². The molecule has 0 radical (unpaired) electrons. The van der Waals surface area contributed by atoms with E-state index in [0.29, 0.717) is 5.92 Å². The summed E-state index contributed by atoms with van der Waals surface area (Å²) in [6.07, 6.45) is 12.5. The SMILES string of the molecule is CC1c2ccccc2CC1C=O.CNc1nc(Cc2ccc(-c3ccncc3)cc2)cs1.C\C=C(C)/N=C(C)/C=C/C. The topological polar surface area (TPSA) is 67.2 Å². The molecular formula is C36H42N4OS. The Balaban J connectivity index is 0.000000189. The Labute approximate surface area is 255 Å². The van der Waals surface area contributed by atoms with Crippen molar-refractivity contribution in [3.05, 3.63) is 125 Å². The van der Waals surface area contributed by atoms with Gasteiger partial charge in [0.25, 0.3) is 0 Å². The first-order chi connectivity index (χ1) is 20.4. The lowest BCUT2D eigenvalue weighted by atomic mass is 9.96. The zero-order valence-electron chi connectivity index (χ0n) is 25.5. The van der Waals surface area contributed by atoms with E-state index < -0.39 is 0 Å². The van der Waals surface area contributed by atoms with Crippen LogP contribution in [0.25, 0.3) is 11.1 Å². The molecule has 0 saturated heterocycles. The lowest BCUT2D eigenvalue weighted by molar-refractivity contribution is -0.111. The first-order valence-electron chi connectivity index (χ1n) is 14.3. The lowest BCUT2D eigenvalue weighted by Crippen LogP contribution is -2.04. The second kappa shape index (κ2) is 16.9. The minimum Gasteiger partial charge on any atom is -0.365 e. The molecule has 1 N–H and O–H groups in total. The van der Waals surface area contributed by atoms with Crippen molar-refractivity contribution in [2.24, 2.45) is 10.9 Å². The van der Waals surface area contributed by atoms with Gasteiger partial charge in [0.15, 0.2) is 5.13 Å². The zero-order valence-corrected chi connectivity index (χ0v) is 26.4. The minimum absolute atomic E-state index is 0.211. The molecule has 5 nitrogen and oxygen atoms in total. The summed E-state index contributed by atoms with van der Waals surface area (Å²) in [6, 6.07) is 21.0. The summed E-state index contributed by atoms with van der Waals surface area (Å²) < 4.78 is 0. The summed E-state index contributed by atoms with van der Waals surface area (Å²) >= 11 is 1.64. The number of benzene rings is 2. The van der Waals surface area contributed by atoms with Crippen molar-refractivity contribution in [2.75, 3.05) is 12.4 Å². The highest BCUT2D eigenvalue weighted by Gasteiger charge is 2.27. The largest absolute Gasteiger partial charge is 0.365 e. The van der Waals surface area contributed by atoms with Crippen LogP contribution in [0.2, 0.25) is 0 Å². The van der Waals surface area contributed by atoms with Crippen LogP contribution in [0.3, 0.4) is 0 Å². The summed E-state index contributed by atoms with van der Waals surface area (Å²) in [5.74, 6) is 0.626. The van der Waals surface area contributed by atoms with Crippen molar-refractivity contribution in [1.82, 2.24) is 9.97 Å². The molecule has 0 spiro atoms. The van der Waals surface area contributed by atoms with Crippen molar-refractivity contribution < 1.29 is 4.79 Å². The van der Waals surface area contributed by atoms with E-state index in [0.717, 1.165) is 41.4 Å². The third-order valence-corrected chi connectivity index (χ3v) is 8.02. The molecule has 4 aromatic rings. The van der Waals surface area contributed by atoms with Gasteiger partial charge in [0.2, 0.25) is 0 Å². The number of hydrogen-bond donors (Lipinski definition) is 1. The van der Waals surface area contributed by atoms with Crippen LogP contribution in [-0.4, -0.2) is 29.0 Å². The molecule has 2 aromatic carbocycles. The maximum absolute atomic E-state index is 10.7. The van der Waals surface area contributed by atoms with E-state index >= 15 is 0 Å². The van der Waals surface area contributed by atoms with Gasteiger partial charge in [0.1, 0.15) is 6.29 Å². The molecule has 0 fully saturated rings. The van der Waals surface area contributed by atoms with E-state index in [1.54, 1.807) is 11.3 Å². The number of pyridine rings is 1. The van der Waals surface area contributed by atoms with Crippen molar-refractivity contribution in [3.8, 4) is 11.1 Å². The molecule has 5 rings (SSSR count). The molecule has 0 bridgehead atoms. The van der Waals surface area contributed by atoms with Crippen molar-refractivity contribution in [1.29, 1.82) is 0 Å². The number of aromatic nitrogens is 2. The first-order valence-corrected chi connectivity index (χ1v) is 15.2. The average Bonchev–Trinajstić information content (AvgIpc) is 3.62. The van der Waals surface area contributed by atoms with Gasteiger partial charge in [0, 0.05) is 48.6 Å². The van der Waals surface area contributed by atoms with E-state index in [-0.39, 0.29) is 5.92 Å². The molecule has 218 valence electrons. The van der Waals surface area contributed by atoms with Crippen LogP contribution in [0.4, 0.5) is 5.13 Å². The summed E-state index contributed by atoms with van der Waals surface area (Å²) in [6.45, 7) is 10.1. The normalized spacial score (nSPS) is 16.1. The minimum atomic E-state index is 0.211. The second-order valence-electron chi connectivity index (χ2n) is 10.2. The first kappa shape index (κ1) is 32.4. The molecule has 1 aliphatic carbocycles. The Morgan fingerprint density at radius 1 is 1.02 bits per heavy atom. The standard InChI is InChI=1S/C16H15N3S.C11H12O.C9H15N/c1-17-16-19-15(11-20-16)10-12-2-4-13(5-3-12)14-6-8-18-9-7-14;1-8-10(7-12)6-9-4-2-3-5-11(8)9;1-5-7-9(4)10-8(3)6-2/h2-9,11H,10H2,1H3,(H,17,19);2-5,7-8,10H,6H2,1H3;5-7H,1-4H3/b;;7-5+,8-6-,10-9+. The van der Waals surface area contributed by atoms with Gasteiger partial charge in [0.05, 0.1) is 5.69 Å². The molecule has 0 aliphatic heterocycles. The molecule has 2 aromatic heterocycles. The van der Waals surface area contributed by atoms with Crippen LogP contribution in [-0.2, 0) is 17.6 Å². The maximum Gasteiger partial charge on any atom is 0.182 e. The van der Waals surface area contributed by atoms with E-state index in [1.807, 2.05) is 89.6 Å². The number of nitrogens with zero attached hydrogens (tertiary/aromatic N) is 3. The number of nitrogens with one attached hydrogen (secondary N) is 1. The lowest BCUT2D eigenvalue weighted by Gasteiger charge is -2.07. The number of aliphatic imine (C=N–C) groups is 1. The van der Waals surface area contributed by atoms with Crippen molar-refractivity contribution in [2.45, 2.75) is 53.4 Å². The number of rotatable bonds is 7. The third-order valence-electron chi connectivity index (χ3n) is 7.12. The van der Waals surface area contributed by atoms with Gasteiger partial charge in [-0.25, -0.2) is 4.98 Å². The van der Waals surface area contributed by atoms with Gasteiger partial charge in [-0.05, 0) is 86.1 Å². The smallest absolute Gasteiger partial charge is 0.182 e. The Morgan fingerprint density at radius 2 is 1.71 bits per heavy atom. The van der Waals surface area contributed by atoms with Crippen LogP contribution in [0.15, 0.2) is 107 Å². The summed E-state index contributed by atoms with van der Waals surface area (Å²) in [4.78, 5) is 23.5. The molecular weight excluding hydrogens is 536 g/mol. The van der Waals surface area contributed by atoms with Crippen LogP contribution >= 0.6 is 11.3 Å². The molecule has 6 heteroatoms. The van der Waals surface area contributed by atoms with E-state index in [9.17, 15) is 4.79 Å². The molecule has 2 unspecified atom stereocenters. The average molecular weight is 579 g/mol. The number of anilines is 1. The summed E-state index contributed by atoms with van der Waals surface area (Å²) in [5.41, 5.74) is 9.61. The summed E-state index contributed by atoms with van der Waals surface area (Å²) in [7, 11) is 1.89. The van der Waals surface area contributed by atoms with Crippen LogP contribution < -0.4 is 5.32 Å². The van der Waals surface area contributed by atoms with Crippen LogP contribution in [0.1, 0.15) is 62.9 Å². The molecule has 2 heterocycles. The molecule has 0 amide bonds. The second-order valence-corrected chi connectivity index (χ2v) is 11.0. The Hall–Kier alpha value is -4.16. The Bertz CT molecular complexity index is 1490. The van der Waals surface area contributed by atoms with E-state index in [1.165, 1.54) is 27.8 Å². The number of carbonyl (C=O) groups excluding carboxylic acids is 1. The van der Waals surface area contributed by atoms with E-state index in [2.05, 4.69) is 69.0 Å². The Kier molecular flexibility index (Phi) is 13.1. The molecule has 2 atom stereocenters. The van der Waals surface area contributed by atoms with Gasteiger partial charge in [-0.2, -0.15) is 0 Å². The van der Waals surface area contributed by atoms with Gasteiger partial charge in [-0.3, -0.25) is 9.98 Å². The fourth-order valence-electron chi connectivity index (χ4n) is 4.68. The number of fused-ring (bicyclic) bond motifs is 1. The van der Waals surface area contributed by atoms with Gasteiger partial charge in [-0.15, -0.1) is 11.3 Å². The number of hydrogen-bond acceptors (Lipinski definition) is 6. The Morgan fingerprint density at radius 3 is 2.31 bits per heavy atom. The highest BCUT2D eigenvalue weighted by atomic mass is 32.1. The van der Waals surface area contributed by atoms with Crippen LogP contribution in [0.5, 0.6) is 0 Å². The summed E-state index contributed by atoms with van der Waals surface area (Å²) in [5, 5.41) is 6.13. The molecule has 1 aliphatic rings. The highest BCUT2D eigenvalue weighted by molar-refractivity contribution is 7.13. The number of aldehydes is 1. The third kappa shape index (κ3) is 9.74. The number of thiazole rings is 1. The fraction of sp³-hybridized carbons (Fsp3) is 0.278. The van der Waals surface area contributed by atoms with Gasteiger partial charge < -0.3 is 10.1 Å². The zero-order chi connectivity index (χ0) is 30.3. The van der Waals surface area contributed by atoms with E-state index in [4.69, 9.17) is 0 Å². The predicted molar refractivity (Wildman–Crippen MR) is 180 cm³/mol. The molecule has 42 heavy (non-hydrogen) atoms. The number of carbonyl (C=O) groups is 1. The van der Waals surface area contributed by atoms with Crippen LogP contribution in [0, 0.1) is 5.92 Å². The monoisotopic (exact) mass is 578 g/mol. The maximum atomic E-state index is 10.7.